The molecule has 0 fully saturated rings. The average Bonchev–Trinajstić information content (AvgIpc) is 3.37. The second kappa shape index (κ2) is 6.94. The van der Waals surface area contributed by atoms with Crippen LogP contribution in [-0.2, 0) is 0 Å². The van der Waals surface area contributed by atoms with Crippen LogP contribution in [0.4, 0.5) is 0 Å². The quantitative estimate of drug-likeness (QED) is 0.239. The third kappa shape index (κ3) is 2.58. The van der Waals surface area contributed by atoms with Crippen molar-refractivity contribution in [2.45, 2.75) is 0 Å². The molecule has 35 heavy (non-hydrogen) atoms. The highest BCUT2D eigenvalue weighted by Gasteiger charge is 2.17. The summed E-state index contributed by atoms with van der Waals surface area (Å²) in [4.78, 5) is 0. The van der Waals surface area contributed by atoms with Gasteiger partial charge in [0.05, 0.1) is 6.85 Å². The van der Waals surface area contributed by atoms with Crippen LogP contribution in [0.2, 0.25) is 0 Å². The topological polar surface area (TPSA) is 13.1 Å². The molecule has 0 bridgehead atoms. The molecule has 0 aliphatic carbocycles. The molecule has 0 spiro atoms. The van der Waals surface area contributed by atoms with E-state index in [0.717, 1.165) is 65.4 Å². The summed E-state index contributed by atoms with van der Waals surface area (Å²) < 4.78 is 47.8. The van der Waals surface area contributed by atoms with Crippen LogP contribution >= 0.6 is 0 Å². The zero-order valence-electron chi connectivity index (χ0n) is 23.6. The lowest BCUT2D eigenvalue weighted by atomic mass is 9.86. The van der Waals surface area contributed by atoms with Crippen molar-refractivity contribution >= 4 is 54.3 Å². The lowest BCUT2D eigenvalue weighted by Gasteiger charge is -2.17. The maximum atomic E-state index is 8.60. The molecule has 0 saturated carbocycles. The lowest BCUT2D eigenvalue weighted by molar-refractivity contribution is 0.669. The summed E-state index contributed by atoms with van der Waals surface area (Å²) >= 11 is 0. The molecule has 8 aromatic rings. The minimum Gasteiger partial charge on any atom is -0.456 e. The van der Waals surface area contributed by atoms with Crippen molar-refractivity contribution in [3.63, 3.8) is 0 Å². The SMILES string of the molecule is [2H]c1c([2H])c([2H])c(-c2ccc3ccc4c(-c5cccc6oc7ccccc7c56)ccc5ccc2c3c54)c([2H])c1[2H]. The van der Waals surface area contributed by atoms with Gasteiger partial charge in [0.2, 0.25) is 0 Å². The summed E-state index contributed by atoms with van der Waals surface area (Å²) in [6.45, 7) is 0. The molecule has 0 saturated heterocycles. The van der Waals surface area contributed by atoms with Crippen molar-refractivity contribution in [1.82, 2.24) is 0 Å². The zero-order chi connectivity index (χ0) is 27.3. The molecule has 1 aromatic heterocycles. The molecule has 8 rings (SSSR count). The van der Waals surface area contributed by atoms with E-state index in [2.05, 4.69) is 42.5 Å². The van der Waals surface area contributed by atoms with E-state index in [1.165, 1.54) is 0 Å². The van der Waals surface area contributed by atoms with E-state index >= 15 is 0 Å². The Hall–Kier alpha value is -4.62. The van der Waals surface area contributed by atoms with Gasteiger partial charge in [-0.15, -0.1) is 0 Å². The molecule has 1 heterocycles. The fourth-order valence-electron chi connectivity index (χ4n) is 5.64. The predicted molar refractivity (Wildman–Crippen MR) is 148 cm³/mol. The first kappa shape index (κ1) is 14.6. The smallest absolute Gasteiger partial charge is 0.136 e. The van der Waals surface area contributed by atoms with Gasteiger partial charge in [-0.25, -0.2) is 0 Å². The van der Waals surface area contributed by atoms with Gasteiger partial charge < -0.3 is 4.42 Å². The number of hydrogen-bond donors (Lipinski definition) is 0. The molecule has 0 unspecified atom stereocenters. The van der Waals surface area contributed by atoms with E-state index in [1.807, 2.05) is 48.5 Å². The molecule has 1 heteroatoms. The Morgan fingerprint density at radius 2 is 1.11 bits per heavy atom. The van der Waals surface area contributed by atoms with Crippen LogP contribution in [0, 0.1) is 0 Å². The summed E-state index contributed by atoms with van der Waals surface area (Å²) in [5.74, 6) is 0. The molecule has 162 valence electrons. The Labute approximate surface area is 209 Å². The maximum absolute atomic E-state index is 8.60. The number of para-hydroxylation sites is 1. The number of furan rings is 1. The number of fused-ring (bicyclic) bond motifs is 3. The summed E-state index contributed by atoms with van der Waals surface area (Å²) in [7, 11) is 0. The molecule has 0 amide bonds. The van der Waals surface area contributed by atoms with Crippen LogP contribution in [0.3, 0.4) is 0 Å². The third-order valence-corrected chi connectivity index (χ3v) is 7.13. The molecule has 0 radical (unpaired) electrons. The summed E-state index contributed by atoms with van der Waals surface area (Å²) in [5.41, 5.74) is 4.73. The van der Waals surface area contributed by atoms with Gasteiger partial charge in [-0.1, -0.05) is 109 Å². The normalized spacial score (nSPS) is 14.0. The fourth-order valence-corrected chi connectivity index (χ4v) is 5.64. The molecular weight excluding hydrogens is 424 g/mol. The van der Waals surface area contributed by atoms with Gasteiger partial charge in [0.1, 0.15) is 11.2 Å². The summed E-state index contributed by atoms with van der Waals surface area (Å²) in [6, 6.07) is 29.3. The Kier molecular flexibility index (Phi) is 2.90. The Morgan fingerprint density at radius 1 is 0.457 bits per heavy atom. The minimum absolute atomic E-state index is 0.194. The highest BCUT2D eigenvalue weighted by atomic mass is 16.3. The van der Waals surface area contributed by atoms with Crippen molar-refractivity contribution in [3.8, 4) is 22.3 Å². The van der Waals surface area contributed by atoms with Crippen molar-refractivity contribution in [1.29, 1.82) is 0 Å². The van der Waals surface area contributed by atoms with Crippen LogP contribution in [0.1, 0.15) is 6.85 Å². The highest BCUT2D eigenvalue weighted by molar-refractivity contribution is 6.28. The molecular formula is C34H20O. The second-order valence-corrected chi connectivity index (χ2v) is 8.93. The molecule has 0 atom stereocenters. The monoisotopic (exact) mass is 449 g/mol. The third-order valence-electron chi connectivity index (χ3n) is 7.13. The lowest BCUT2D eigenvalue weighted by Crippen LogP contribution is -1.89. The van der Waals surface area contributed by atoms with E-state index in [1.54, 1.807) is 0 Å². The van der Waals surface area contributed by atoms with E-state index in [0.29, 0.717) is 5.56 Å². The van der Waals surface area contributed by atoms with Crippen LogP contribution in [0.5, 0.6) is 0 Å². The number of benzene rings is 7. The first-order valence-corrected chi connectivity index (χ1v) is 11.6. The first-order valence-electron chi connectivity index (χ1n) is 14.1. The summed E-state index contributed by atoms with van der Waals surface area (Å²) in [6.07, 6.45) is 0. The first-order chi connectivity index (χ1) is 19.4. The van der Waals surface area contributed by atoms with Crippen molar-refractivity contribution in [3.05, 3.63) is 121 Å². The van der Waals surface area contributed by atoms with Gasteiger partial charge in [-0.2, -0.15) is 0 Å². The maximum Gasteiger partial charge on any atom is 0.136 e. The van der Waals surface area contributed by atoms with Crippen LogP contribution in [0.15, 0.2) is 126 Å². The van der Waals surface area contributed by atoms with Crippen molar-refractivity contribution < 1.29 is 11.3 Å². The van der Waals surface area contributed by atoms with Crippen LogP contribution < -0.4 is 0 Å². The Balaban J connectivity index is 1.49. The highest BCUT2D eigenvalue weighted by Crippen LogP contribution is 2.44. The average molecular weight is 450 g/mol. The van der Waals surface area contributed by atoms with E-state index in [-0.39, 0.29) is 35.8 Å². The fraction of sp³-hybridized carbons (Fsp3) is 0. The number of rotatable bonds is 2. The largest absolute Gasteiger partial charge is 0.456 e. The number of hydrogen-bond acceptors (Lipinski definition) is 1. The molecule has 0 aliphatic rings. The van der Waals surface area contributed by atoms with Crippen LogP contribution in [0.25, 0.3) is 76.5 Å². The van der Waals surface area contributed by atoms with Gasteiger partial charge in [-0.3, -0.25) is 0 Å². The molecule has 7 aromatic carbocycles. The van der Waals surface area contributed by atoms with Gasteiger partial charge in [0, 0.05) is 10.8 Å². The van der Waals surface area contributed by atoms with Crippen molar-refractivity contribution in [2.24, 2.45) is 0 Å². The summed E-state index contributed by atoms with van der Waals surface area (Å²) in [5, 5.41) is 8.32. The van der Waals surface area contributed by atoms with Gasteiger partial charge in [-0.05, 0) is 66.7 Å². The Morgan fingerprint density at radius 3 is 1.91 bits per heavy atom. The van der Waals surface area contributed by atoms with Gasteiger partial charge >= 0.3 is 0 Å². The predicted octanol–water partition coefficient (Wildman–Crippen LogP) is 9.82. The second-order valence-electron chi connectivity index (χ2n) is 8.93. The molecule has 1 nitrogen and oxygen atoms in total. The zero-order valence-corrected chi connectivity index (χ0v) is 18.6. The van der Waals surface area contributed by atoms with Crippen molar-refractivity contribution in [2.75, 3.05) is 0 Å². The minimum atomic E-state index is -0.387. The van der Waals surface area contributed by atoms with E-state index in [4.69, 9.17) is 11.3 Å². The molecule has 0 N–H and O–H groups in total. The van der Waals surface area contributed by atoms with E-state index in [9.17, 15) is 0 Å². The molecule has 0 aliphatic heterocycles. The Bertz CT molecular complexity index is 2300. The van der Waals surface area contributed by atoms with Gasteiger partial charge in [0.25, 0.3) is 0 Å². The van der Waals surface area contributed by atoms with E-state index < -0.39 is 0 Å². The van der Waals surface area contributed by atoms with Crippen LogP contribution in [-0.4, -0.2) is 0 Å². The standard InChI is InChI=1S/C34H20O/c1-2-7-21(8-3-1)24-17-13-22-16-20-28-25(18-14-23-15-19-27(24)32(22)33(23)28)26-10-6-12-31-34(26)29-9-4-5-11-30(29)35-31/h1-20H/i1D,2D,3D,7D,8D. The van der Waals surface area contributed by atoms with Gasteiger partial charge in [0.15, 0.2) is 0 Å².